The topological polar surface area (TPSA) is 80.6 Å². The van der Waals surface area contributed by atoms with Gasteiger partial charge in [-0.15, -0.1) is 0 Å². The molecule has 0 atom stereocenters. The zero-order valence-corrected chi connectivity index (χ0v) is 22.7. The Morgan fingerprint density at radius 3 is 2.42 bits per heavy atom. The largest absolute Gasteiger partial charge is 0.494 e. The number of benzene rings is 4. The van der Waals surface area contributed by atoms with Gasteiger partial charge < -0.3 is 19.5 Å². The highest BCUT2D eigenvalue weighted by Gasteiger charge is 2.15. The summed E-state index contributed by atoms with van der Waals surface area (Å²) in [5.74, 6) is 1.26. The first-order chi connectivity index (χ1) is 18.5. The standard InChI is InChI=1S/C31H27BrN2O4/c1-3-36-26-14-12-25(13-15-26)34-31(35)24(19-33)16-21-17-28(32)30(29(18-21)37-4-2)38-20-23-10-7-9-22-8-5-6-11-27(22)23/h5-18H,3-4,20H2,1-2H3,(H,34,35)/b24-16+. The molecule has 0 aliphatic carbocycles. The van der Waals surface area contributed by atoms with Crippen LogP contribution in [0.4, 0.5) is 5.69 Å². The van der Waals surface area contributed by atoms with Crippen molar-refractivity contribution in [2.75, 3.05) is 18.5 Å². The van der Waals surface area contributed by atoms with Gasteiger partial charge in [0.05, 0.1) is 17.7 Å². The molecule has 4 rings (SSSR count). The Bertz CT molecular complexity index is 1500. The molecule has 1 N–H and O–H groups in total. The molecule has 0 aromatic heterocycles. The number of nitrogens with one attached hydrogen (secondary N) is 1. The maximum Gasteiger partial charge on any atom is 0.266 e. The van der Waals surface area contributed by atoms with E-state index in [1.54, 1.807) is 36.4 Å². The average Bonchev–Trinajstić information content (AvgIpc) is 2.92. The first kappa shape index (κ1) is 26.8. The van der Waals surface area contributed by atoms with Gasteiger partial charge in [0.2, 0.25) is 0 Å². The summed E-state index contributed by atoms with van der Waals surface area (Å²) in [4.78, 5) is 12.8. The fourth-order valence-electron chi connectivity index (χ4n) is 3.96. The maximum atomic E-state index is 12.8. The van der Waals surface area contributed by atoms with E-state index < -0.39 is 5.91 Å². The highest BCUT2D eigenvalue weighted by Crippen LogP contribution is 2.38. The molecule has 0 spiro atoms. The van der Waals surface area contributed by atoms with Crippen LogP contribution in [0.3, 0.4) is 0 Å². The summed E-state index contributed by atoms with van der Waals surface area (Å²) in [6.07, 6.45) is 1.52. The second kappa shape index (κ2) is 12.8. The first-order valence-corrected chi connectivity index (χ1v) is 13.0. The van der Waals surface area contributed by atoms with E-state index >= 15 is 0 Å². The van der Waals surface area contributed by atoms with Crippen molar-refractivity contribution in [3.05, 3.63) is 100 Å². The number of rotatable bonds is 10. The van der Waals surface area contributed by atoms with Crippen LogP contribution >= 0.6 is 15.9 Å². The molecule has 0 radical (unpaired) electrons. The summed E-state index contributed by atoms with van der Waals surface area (Å²) in [5, 5.41) is 14.7. The Kier molecular flexibility index (Phi) is 9.02. The lowest BCUT2D eigenvalue weighted by atomic mass is 10.1. The van der Waals surface area contributed by atoms with E-state index in [1.165, 1.54) is 6.08 Å². The highest BCUT2D eigenvalue weighted by atomic mass is 79.9. The van der Waals surface area contributed by atoms with Crippen LogP contribution in [-0.4, -0.2) is 19.1 Å². The van der Waals surface area contributed by atoms with Crippen molar-refractivity contribution >= 4 is 44.4 Å². The molecule has 0 saturated heterocycles. The van der Waals surface area contributed by atoms with E-state index in [1.807, 2.05) is 44.2 Å². The number of hydrogen-bond donors (Lipinski definition) is 1. The average molecular weight is 571 g/mol. The number of anilines is 1. The van der Waals surface area contributed by atoms with Gasteiger partial charge in [-0.25, -0.2) is 0 Å². The summed E-state index contributed by atoms with van der Waals surface area (Å²) >= 11 is 3.58. The number of nitrogens with zero attached hydrogens (tertiary/aromatic N) is 1. The summed E-state index contributed by atoms with van der Waals surface area (Å²) in [6.45, 7) is 5.12. The van der Waals surface area contributed by atoms with Gasteiger partial charge in [-0.05, 0) is 94.2 Å². The van der Waals surface area contributed by atoms with E-state index in [-0.39, 0.29) is 5.57 Å². The summed E-state index contributed by atoms with van der Waals surface area (Å²) < 4.78 is 18.1. The normalized spacial score (nSPS) is 11.1. The van der Waals surface area contributed by atoms with Crippen LogP contribution in [0.2, 0.25) is 0 Å². The van der Waals surface area contributed by atoms with Crippen molar-refractivity contribution in [1.82, 2.24) is 0 Å². The van der Waals surface area contributed by atoms with Crippen molar-refractivity contribution in [2.24, 2.45) is 0 Å². The van der Waals surface area contributed by atoms with Crippen LogP contribution in [0.5, 0.6) is 17.2 Å². The molecule has 6 nitrogen and oxygen atoms in total. The molecule has 0 saturated carbocycles. The van der Waals surface area contributed by atoms with Gasteiger partial charge in [0, 0.05) is 5.69 Å². The first-order valence-electron chi connectivity index (χ1n) is 12.2. The molecule has 7 heteroatoms. The van der Waals surface area contributed by atoms with Gasteiger partial charge in [-0.1, -0.05) is 42.5 Å². The minimum Gasteiger partial charge on any atom is -0.494 e. The molecule has 0 bridgehead atoms. The van der Waals surface area contributed by atoms with Crippen LogP contribution in [0.1, 0.15) is 25.0 Å². The molecule has 192 valence electrons. The molecular weight excluding hydrogens is 544 g/mol. The molecule has 0 aliphatic heterocycles. The molecule has 0 unspecified atom stereocenters. The number of ether oxygens (including phenoxy) is 3. The second-order valence-corrected chi connectivity index (χ2v) is 9.13. The number of carbonyl (C=O) groups is 1. The van der Waals surface area contributed by atoms with Crippen molar-refractivity contribution < 1.29 is 19.0 Å². The number of carbonyl (C=O) groups excluding carboxylic acids is 1. The summed E-state index contributed by atoms with van der Waals surface area (Å²) in [6, 6.07) is 26.8. The number of halogens is 1. The zero-order chi connectivity index (χ0) is 26.9. The molecule has 0 aliphatic rings. The minimum atomic E-state index is -0.512. The Morgan fingerprint density at radius 1 is 0.947 bits per heavy atom. The maximum absolute atomic E-state index is 12.8. The monoisotopic (exact) mass is 570 g/mol. The van der Waals surface area contributed by atoms with Gasteiger partial charge >= 0.3 is 0 Å². The number of nitriles is 1. The highest BCUT2D eigenvalue weighted by molar-refractivity contribution is 9.10. The van der Waals surface area contributed by atoms with Crippen LogP contribution in [0, 0.1) is 11.3 Å². The predicted molar refractivity (Wildman–Crippen MR) is 153 cm³/mol. The number of fused-ring (bicyclic) bond motifs is 1. The fraction of sp³-hybridized carbons (Fsp3) is 0.161. The van der Waals surface area contributed by atoms with Crippen molar-refractivity contribution in [2.45, 2.75) is 20.5 Å². The minimum absolute atomic E-state index is 0.0438. The van der Waals surface area contributed by atoms with E-state index in [0.29, 0.717) is 52.8 Å². The Balaban J connectivity index is 1.55. The lowest BCUT2D eigenvalue weighted by Crippen LogP contribution is -2.13. The van der Waals surface area contributed by atoms with E-state index in [0.717, 1.165) is 16.3 Å². The van der Waals surface area contributed by atoms with E-state index in [2.05, 4.69) is 39.4 Å². The second-order valence-electron chi connectivity index (χ2n) is 8.27. The molecule has 0 fully saturated rings. The van der Waals surface area contributed by atoms with Crippen LogP contribution in [-0.2, 0) is 11.4 Å². The third-order valence-electron chi connectivity index (χ3n) is 5.68. The van der Waals surface area contributed by atoms with Crippen molar-refractivity contribution in [3.63, 3.8) is 0 Å². The number of hydrogen-bond acceptors (Lipinski definition) is 5. The number of amides is 1. The Morgan fingerprint density at radius 2 is 1.68 bits per heavy atom. The van der Waals surface area contributed by atoms with Gasteiger partial charge in [0.25, 0.3) is 5.91 Å². The van der Waals surface area contributed by atoms with Gasteiger partial charge in [-0.3, -0.25) is 4.79 Å². The zero-order valence-electron chi connectivity index (χ0n) is 21.2. The Labute approximate surface area is 230 Å². The lowest BCUT2D eigenvalue weighted by Gasteiger charge is -2.16. The summed E-state index contributed by atoms with van der Waals surface area (Å²) in [7, 11) is 0. The lowest BCUT2D eigenvalue weighted by molar-refractivity contribution is -0.112. The fourth-order valence-corrected chi connectivity index (χ4v) is 4.53. The smallest absolute Gasteiger partial charge is 0.266 e. The molecule has 1 amide bonds. The van der Waals surface area contributed by atoms with Crippen LogP contribution in [0.15, 0.2) is 88.9 Å². The molecule has 38 heavy (non-hydrogen) atoms. The SMILES string of the molecule is CCOc1ccc(NC(=O)/C(C#N)=C/c2cc(Br)c(OCc3cccc4ccccc34)c(OCC)c2)cc1. The van der Waals surface area contributed by atoms with E-state index in [9.17, 15) is 10.1 Å². The van der Waals surface area contributed by atoms with Gasteiger partial charge in [0.1, 0.15) is 24.0 Å². The molecule has 4 aromatic carbocycles. The van der Waals surface area contributed by atoms with Crippen molar-refractivity contribution in [1.29, 1.82) is 5.26 Å². The molecular formula is C31H27BrN2O4. The third kappa shape index (κ3) is 6.53. The third-order valence-corrected chi connectivity index (χ3v) is 6.27. The van der Waals surface area contributed by atoms with Crippen LogP contribution in [0.25, 0.3) is 16.8 Å². The molecule has 0 heterocycles. The van der Waals surface area contributed by atoms with Gasteiger partial charge in [-0.2, -0.15) is 5.26 Å². The Hall–Kier alpha value is -4.28. The van der Waals surface area contributed by atoms with Crippen molar-refractivity contribution in [3.8, 4) is 23.3 Å². The van der Waals surface area contributed by atoms with Gasteiger partial charge in [0.15, 0.2) is 11.5 Å². The predicted octanol–water partition coefficient (Wildman–Crippen LogP) is 7.52. The quantitative estimate of drug-likeness (QED) is 0.157. The van der Waals surface area contributed by atoms with E-state index in [4.69, 9.17) is 14.2 Å². The van der Waals surface area contributed by atoms with Crippen LogP contribution < -0.4 is 19.5 Å². The summed E-state index contributed by atoms with van der Waals surface area (Å²) in [5.41, 5.74) is 2.20. The molecule has 4 aromatic rings.